The van der Waals surface area contributed by atoms with E-state index in [1.54, 1.807) is 4.90 Å². The topological polar surface area (TPSA) is 83.6 Å². The molecule has 1 spiro atoms. The van der Waals surface area contributed by atoms with Crippen molar-refractivity contribution >= 4 is 21.7 Å². The maximum Gasteiger partial charge on any atom is 0.249 e. The predicted octanol–water partition coefficient (Wildman–Crippen LogP) is 0.225. The van der Waals surface area contributed by atoms with Gasteiger partial charge >= 0.3 is 0 Å². The molecule has 0 radical (unpaired) electrons. The normalized spacial score (nSPS) is 29.4. The molecular formula is C14H22N2O4S. The van der Waals surface area contributed by atoms with Crippen molar-refractivity contribution in [3.63, 3.8) is 0 Å². The van der Waals surface area contributed by atoms with Gasteiger partial charge in [-0.25, -0.2) is 8.42 Å². The SMILES string of the molecule is O=C1CN(C2CCS(=O)(=O)CC2)C(=O)C2(CCCCC2)N1. The van der Waals surface area contributed by atoms with E-state index in [0.29, 0.717) is 25.7 Å². The zero-order chi connectivity index (χ0) is 15.1. The molecule has 0 bridgehead atoms. The molecule has 2 aliphatic heterocycles. The Labute approximate surface area is 125 Å². The number of carbonyl (C=O) groups is 2. The van der Waals surface area contributed by atoms with E-state index in [-0.39, 0.29) is 35.9 Å². The van der Waals surface area contributed by atoms with Gasteiger partial charge in [0.15, 0.2) is 0 Å². The molecule has 118 valence electrons. The highest BCUT2D eigenvalue weighted by molar-refractivity contribution is 7.91. The van der Waals surface area contributed by atoms with E-state index in [0.717, 1.165) is 19.3 Å². The Hall–Kier alpha value is -1.11. The van der Waals surface area contributed by atoms with Crippen LogP contribution in [0.3, 0.4) is 0 Å². The van der Waals surface area contributed by atoms with Crippen molar-refractivity contribution in [1.82, 2.24) is 10.2 Å². The van der Waals surface area contributed by atoms with Crippen LogP contribution in [0.2, 0.25) is 0 Å². The van der Waals surface area contributed by atoms with Gasteiger partial charge in [0.1, 0.15) is 15.4 Å². The van der Waals surface area contributed by atoms with E-state index < -0.39 is 15.4 Å². The standard InChI is InChI=1S/C14H22N2O4S/c17-12-10-16(11-4-8-21(19,20)9-5-11)13(18)14(15-12)6-2-1-3-7-14/h11H,1-10H2,(H,15,17). The Morgan fingerprint density at radius 1 is 1.05 bits per heavy atom. The number of carbonyl (C=O) groups excluding carboxylic acids is 2. The first kappa shape index (κ1) is 14.8. The van der Waals surface area contributed by atoms with Crippen molar-refractivity contribution < 1.29 is 18.0 Å². The fourth-order valence-electron chi connectivity index (χ4n) is 3.84. The Morgan fingerprint density at radius 2 is 1.67 bits per heavy atom. The average Bonchev–Trinajstić information content (AvgIpc) is 2.44. The van der Waals surface area contributed by atoms with Gasteiger partial charge in [0.25, 0.3) is 0 Å². The quantitative estimate of drug-likeness (QED) is 0.751. The molecule has 21 heavy (non-hydrogen) atoms. The van der Waals surface area contributed by atoms with Gasteiger partial charge in [-0.15, -0.1) is 0 Å². The Morgan fingerprint density at radius 3 is 2.29 bits per heavy atom. The summed E-state index contributed by atoms with van der Waals surface area (Å²) in [6.07, 6.45) is 5.34. The van der Waals surface area contributed by atoms with E-state index in [9.17, 15) is 18.0 Å². The number of sulfone groups is 1. The van der Waals surface area contributed by atoms with Crippen molar-refractivity contribution in [1.29, 1.82) is 0 Å². The second kappa shape index (κ2) is 5.26. The van der Waals surface area contributed by atoms with E-state index in [2.05, 4.69) is 5.32 Å². The molecule has 3 aliphatic rings. The van der Waals surface area contributed by atoms with Gasteiger partial charge < -0.3 is 10.2 Å². The number of hydrogen-bond acceptors (Lipinski definition) is 4. The van der Waals surface area contributed by atoms with Crippen LogP contribution in [0.1, 0.15) is 44.9 Å². The van der Waals surface area contributed by atoms with Gasteiger partial charge in [0.2, 0.25) is 11.8 Å². The lowest BCUT2D eigenvalue weighted by molar-refractivity contribution is -0.154. The third-order valence-electron chi connectivity index (χ3n) is 5.03. The molecule has 2 saturated heterocycles. The monoisotopic (exact) mass is 314 g/mol. The van der Waals surface area contributed by atoms with E-state index >= 15 is 0 Å². The summed E-state index contributed by atoms with van der Waals surface area (Å²) in [4.78, 5) is 26.6. The van der Waals surface area contributed by atoms with Gasteiger partial charge in [0, 0.05) is 6.04 Å². The highest BCUT2D eigenvalue weighted by Crippen LogP contribution is 2.33. The largest absolute Gasteiger partial charge is 0.340 e. The summed E-state index contributed by atoms with van der Waals surface area (Å²) in [5.74, 6) is 0.141. The second-order valence-electron chi connectivity index (χ2n) is 6.51. The molecule has 6 nitrogen and oxygen atoms in total. The minimum Gasteiger partial charge on any atom is -0.340 e. The van der Waals surface area contributed by atoms with Gasteiger partial charge in [-0.3, -0.25) is 9.59 Å². The first-order chi connectivity index (χ1) is 9.92. The minimum atomic E-state index is -2.96. The van der Waals surface area contributed by atoms with Crippen LogP contribution in [-0.4, -0.2) is 54.8 Å². The first-order valence-electron chi connectivity index (χ1n) is 7.74. The number of nitrogens with zero attached hydrogens (tertiary/aromatic N) is 1. The lowest BCUT2D eigenvalue weighted by Gasteiger charge is -2.47. The summed E-state index contributed by atoms with van der Waals surface area (Å²) in [6, 6.07) is -0.106. The van der Waals surface area contributed by atoms with Crippen LogP contribution < -0.4 is 5.32 Å². The van der Waals surface area contributed by atoms with Crippen LogP contribution in [0.5, 0.6) is 0 Å². The molecule has 3 fully saturated rings. The summed E-state index contributed by atoms with van der Waals surface area (Å²) in [6.45, 7) is 0.0747. The Kier molecular flexibility index (Phi) is 3.71. The van der Waals surface area contributed by atoms with Crippen LogP contribution in [-0.2, 0) is 19.4 Å². The van der Waals surface area contributed by atoms with Crippen LogP contribution in [0, 0.1) is 0 Å². The van der Waals surface area contributed by atoms with Crippen LogP contribution in [0.15, 0.2) is 0 Å². The molecular weight excluding hydrogens is 292 g/mol. The highest BCUT2D eigenvalue weighted by atomic mass is 32.2. The molecule has 1 N–H and O–H groups in total. The summed E-state index contributed by atoms with van der Waals surface area (Å²) in [5, 5.41) is 2.92. The van der Waals surface area contributed by atoms with Crippen LogP contribution >= 0.6 is 0 Å². The summed E-state index contributed by atoms with van der Waals surface area (Å²) < 4.78 is 23.1. The average molecular weight is 314 g/mol. The fourth-order valence-corrected chi connectivity index (χ4v) is 5.31. The molecule has 0 aromatic heterocycles. The van der Waals surface area contributed by atoms with E-state index in [4.69, 9.17) is 0 Å². The van der Waals surface area contributed by atoms with Gasteiger partial charge in [-0.05, 0) is 25.7 Å². The van der Waals surface area contributed by atoms with Crippen LogP contribution in [0.25, 0.3) is 0 Å². The molecule has 1 saturated carbocycles. The van der Waals surface area contributed by atoms with Crippen molar-refractivity contribution in [2.45, 2.75) is 56.5 Å². The third kappa shape index (κ3) is 2.80. The zero-order valence-electron chi connectivity index (χ0n) is 12.1. The smallest absolute Gasteiger partial charge is 0.249 e. The summed E-state index contributed by atoms with van der Waals surface area (Å²) in [5.41, 5.74) is -0.718. The molecule has 0 aromatic carbocycles. The highest BCUT2D eigenvalue weighted by Gasteiger charge is 2.49. The van der Waals surface area contributed by atoms with Crippen molar-refractivity contribution in [3.05, 3.63) is 0 Å². The zero-order valence-corrected chi connectivity index (χ0v) is 13.0. The third-order valence-corrected chi connectivity index (χ3v) is 6.75. The molecule has 0 atom stereocenters. The number of hydrogen-bond donors (Lipinski definition) is 1. The summed E-state index contributed by atoms with van der Waals surface area (Å²) >= 11 is 0. The number of rotatable bonds is 1. The van der Waals surface area contributed by atoms with Crippen molar-refractivity contribution in [2.75, 3.05) is 18.1 Å². The number of piperazine rings is 1. The minimum absolute atomic E-state index is 0.00565. The van der Waals surface area contributed by atoms with E-state index in [1.165, 1.54) is 0 Å². The lowest BCUT2D eigenvalue weighted by Crippen LogP contribution is -2.69. The molecule has 0 unspecified atom stereocenters. The summed E-state index contributed by atoms with van der Waals surface area (Å²) in [7, 11) is -2.96. The van der Waals surface area contributed by atoms with Gasteiger partial charge in [-0.2, -0.15) is 0 Å². The molecule has 2 amide bonds. The fraction of sp³-hybridized carbons (Fsp3) is 0.857. The second-order valence-corrected chi connectivity index (χ2v) is 8.81. The number of nitrogens with one attached hydrogen (secondary N) is 1. The van der Waals surface area contributed by atoms with Gasteiger partial charge in [-0.1, -0.05) is 19.3 Å². The first-order valence-corrected chi connectivity index (χ1v) is 9.57. The lowest BCUT2D eigenvalue weighted by atomic mass is 9.79. The molecule has 3 rings (SSSR count). The maximum atomic E-state index is 12.9. The molecule has 1 aliphatic carbocycles. The van der Waals surface area contributed by atoms with Crippen LogP contribution in [0.4, 0.5) is 0 Å². The van der Waals surface area contributed by atoms with Crippen molar-refractivity contribution in [2.24, 2.45) is 0 Å². The van der Waals surface area contributed by atoms with Gasteiger partial charge in [0.05, 0.1) is 18.1 Å². The van der Waals surface area contributed by atoms with Crippen molar-refractivity contribution in [3.8, 4) is 0 Å². The molecule has 0 aromatic rings. The Bertz CT molecular complexity index is 537. The van der Waals surface area contributed by atoms with E-state index in [1.807, 2.05) is 0 Å². The molecule has 2 heterocycles. The maximum absolute atomic E-state index is 12.9. The number of amides is 2. The molecule has 7 heteroatoms. The predicted molar refractivity (Wildman–Crippen MR) is 77.3 cm³/mol. The Balaban J connectivity index is 1.78.